The molecule has 2 unspecified atom stereocenters. The van der Waals surface area contributed by atoms with E-state index < -0.39 is 0 Å². The Labute approximate surface area is 357 Å². The predicted molar refractivity (Wildman–Crippen MR) is 248 cm³/mol. The van der Waals surface area contributed by atoms with Gasteiger partial charge in [-0.1, -0.05) is 195 Å². The van der Waals surface area contributed by atoms with E-state index in [0.717, 1.165) is 77.0 Å². The fourth-order valence-electron chi connectivity index (χ4n) is 7.99. The SMILES string of the molecule is CCCCCCCCC(CCCCCC)COC.CCCCCCCCC(CCCCCC)COC(=O)CCCCCCCN(CCO)CCCCCCCC=O. The highest BCUT2D eigenvalue weighted by Crippen LogP contribution is 2.21. The van der Waals surface area contributed by atoms with Crippen LogP contribution in [0.5, 0.6) is 0 Å². The number of aliphatic hydroxyl groups excluding tert-OH is 1. The van der Waals surface area contributed by atoms with E-state index in [-0.39, 0.29) is 12.6 Å². The molecule has 0 aromatic carbocycles. The molecular weight excluding hydrogens is 707 g/mol. The van der Waals surface area contributed by atoms with Crippen LogP contribution in [0.2, 0.25) is 0 Å². The Bertz CT molecular complexity index is 764. The molecule has 0 spiro atoms. The van der Waals surface area contributed by atoms with E-state index in [9.17, 15) is 14.7 Å². The molecule has 57 heavy (non-hydrogen) atoms. The van der Waals surface area contributed by atoms with Crippen LogP contribution in [0.1, 0.15) is 259 Å². The zero-order valence-electron chi connectivity index (χ0n) is 39.5. The summed E-state index contributed by atoms with van der Waals surface area (Å²) in [5, 5.41) is 9.37. The molecule has 1 N–H and O–H groups in total. The summed E-state index contributed by atoms with van der Waals surface area (Å²) < 4.78 is 11.1. The normalized spacial score (nSPS) is 12.4. The van der Waals surface area contributed by atoms with E-state index in [2.05, 4.69) is 32.6 Å². The molecule has 0 aromatic heterocycles. The number of rotatable bonds is 46. The third-order valence-electron chi connectivity index (χ3n) is 11.8. The van der Waals surface area contributed by atoms with E-state index in [1.807, 2.05) is 7.11 Å². The molecule has 0 aliphatic rings. The largest absolute Gasteiger partial charge is 0.465 e. The number of carbonyl (C=O) groups excluding carboxylic acids is 2. The lowest BCUT2D eigenvalue weighted by Gasteiger charge is -2.21. The molecule has 6 heteroatoms. The lowest BCUT2D eigenvalue weighted by atomic mass is 9.95. The van der Waals surface area contributed by atoms with Crippen molar-refractivity contribution in [1.82, 2.24) is 4.90 Å². The summed E-state index contributed by atoms with van der Waals surface area (Å²) in [6.45, 7) is 13.8. The molecule has 0 amide bonds. The fourth-order valence-corrected chi connectivity index (χ4v) is 7.99. The first kappa shape index (κ1) is 58.1. The standard InChI is InChI=1S/C34H67NO4.C17H36O/c1-3-5-7-9-13-19-25-33(24-18-8-6-4-2)32-39-34(38)26-20-14-12-16-22-28-35(29-31-37)27-21-15-10-11-17-23-30-36;1-4-6-8-10-11-13-15-17(16-18-3)14-12-9-7-5-2/h30,33,37H,3-29,31-32H2,1-2H3;17H,4-16H2,1-3H3. The third-order valence-corrected chi connectivity index (χ3v) is 11.8. The molecule has 0 heterocycles. The van der Waals surface area contributed by atoms with Gasteiger partial charge in [0.05, 0.1) is 13.2 Å². The van der Waals surface area contributed by atoms with Crippen molar-refractivity contribution in [2.24, 2.45) is 11.8 Å². The summed E-state index contributed by atoms with van der Waals surface area (Å²) in [6.07, 6.45) is 45.8. The first-order valence-corrected chi connectivity index (χ1v) is 25.4. The van der Waals surface area contributed by atoms with Gasteiger partial charge in [0.2, 0.25) is 0 Å². The second-order valence-corrected chi connectivity index (χ2v) is 17.5. The Hall–Kier alpha value is -0.980. The van der Waals surface area contributed by atoms with Crippen LogP contribution < -0.4 is 0 Å². The van der Waals surface area contributed by atoms with Crippen LogP contribution in [-0.4, -0.2) is 68.8 Å². The smallest absolute Gasteiger partial charge is 0.305 e. The maximum Gasteiger partial charge on any atom is 0.305 e. The number of hydrogen-bond acceptors (Lipinski definition) is 6. The summed E-state index contributed by atoms with van der Waals surface area (Å²) in [6, 6.07) is 0. The van der Waals surface area contributed by atoms with Crippen molar-refractivity contribution < 1.29 is 24.2 Å². The maximum absolute atomic E-state index is 12.4. The van der Waals surface area contributed by atoms with Gasteiger partial charge < -0.3 is 24.3 Å². The molecule has 0 aliphatic carbocycles. The van der Waals surface area contributed by atoms with Gasteiger partial charge in [0, 0.05) is 33.1 Å². The predicted octanol–water partition coefficient (Wildman–Crippen LogP) is 15.0. The average molecular weight is 810 g/mol. The average Bonchev–Trinajstić information content (AvgIpc) is 3.21. The monoisotopic (exact) mass is 810 g/mol. The zero-order valence-corrected chi connectivity index (χ0v) is 39.5. The van der Waals surface area contributed by atoms with Crippen molar-refractivity contribution >= 4 is 12.3 Å². The van der Waals surface area contributed by atoms with Gasteiger partial charge in [-0.15, -0.1) is 0 Å². The molecule has 0 aliphatic heterocycles. The van der Waals surface area contributed by atoms with Gasteiger partial charge in [0.25, 0.3) is 0 Å². The molecule has 0 radical (unpaired) electrons. The Morgan fingerprint density at radius 1 is 0.491 bits per heavy atom. The molecule has 2 atom stereocenters. The zero-order chi connectivity index (χ0) is 42.1. The number of hydrogen-bond donors (Lipinski definition) is 1. The highest BCUT2D eigenvalue weighted by Gasteiger charge is 2.13. The summed E-state index contributed by atoms with van der Waals surface area (Å²) in [5.74, 6) is 1.36. The topological polar surface area (TPSA) is 76.1 Å². The molecular formula is C51H103NO5. The van der Waals surface area contributed by atoms with Crippen molar-refractivity contribution in [3.63, 3.8) is 0 Å². The third kappa shape index (κ3) is 47.6. The molecule has 0 saturated carbocycles. The number of ether oxygens (including phenoxy) is 2. The van der Waals surface area contributed by atoms with Crippen LogP contribution >= 0.6 is 0 Å². The minimum Gasteiger partial charge on any atom is -0.465 e. The van der Waals surface area contributed by atoms with Crippen molar-refractivity contribution in [1.29, 1.82) is 0 Å². The lowest BCUT2D eigenvalue weighted by Crippen LogP contribution is -2.29. The van der Waals surface area contributed by atoms with Crippen molar-refractivity contribution in [2.45, 2.75) is 259 Å². The minimum absolute atomic E-state index is 0.00298. The van der Waals surface area contributed by atoms with E-state index in [4.69, 9.17) is 9.47 Å². The van der Waals surface area contributed by atoms with Crippen LogP contribution in [0, 0.1) is 11.8 Å². The van der Waals surface area contributed by atoms with E-state index in [1.54, 1.807) is 0 Å². The number of unbranched alkanes of at least 4 members (excludes halogenated alkanes) is 25. The second kappa shape index (κ2) is 51.2. The molecule has 0 aromatic rings. The number of esters is 1. The molecule has 0 bridgehead atoms. The second-order valence-electron chi connectivity index (χ2n) is 17.5. The Morgan fingerprint density at radius 2 is 0.860 bits per heavy atom. The van der Waals surface area contributed by atoms with Crippen LogP contribution in [0.3, 0.4) is 0 Å². The van der Waals surface area contributed by atoms with Gasteiger partial charge in [0.15, 0.2) is 0 Å². The quantitative estimate of drug-likeness (QED) is 0.0375. The van der Waals surface area contributed by atoms with Gasteiger partial charge in [-0.2, -0.15) is 0 Å². The lowest BCUT2D eigenvalue weighted by molar-refractivity contribution is -0.145. The van der Waals surface area contributed by atoms with Crippen LogP contribution in [0.25, 0.3) is 0 Å². The van der Waals surface area contributed by atoms with Crippen LogP contribution in [0.4, 0.5) is 0 Å². The first-order valence-electron chi connectivity index (χ1n) is 25.4. The number of aliphatic hydroxyl groups is 1. The van der Waals surface area contributed by atoms with Gasteiger partial charge in [-0.05, 0) is 76.3 Å². The fraction of sp³-hybridized carbons (Fsp3) is 0.961. The van der Waals surface area contributed by atoms with Gasteiger partial charge in [-0.25, -0.2) is 0 Å². The van der Waals surface area contributed by atoms with Crippen LogP contribution in [0.15, 0.2) is 0 Å². The highest BCUT2D eigenvalue weighted by molar-refractivity contribution is 5.69. The molecule has 342 valence electrons. The molecule has 0 rings (SSSR count). The summed E-state index contributed by atoms with van der Waals surface area (Å²) >= 11 is 0. The molecule has 0 fully saturated rings. The number of nitrogens with zero attached hydrogens (tertiary/aromatic N) is 1. The van der Waals surface area contributed by atoms with Crippen LogP contribution in [-0.2, 0) is 19.1 Å². The first-order chi connectivity index (χ1) is 28.0. The van der Waals surface area contributed by atoms with Crippen molar-refractivity contribution in [3.05, 3.63) is 0 Å². The minimum atomic E-state index is -0.00298. The summed E-state index contributed by atoms with van der Waals surface area (Å²) in [7, 11) is 1.85. The summed E-state index contributed by atoms with van der Waals surface area (Å²) in [5.41, 5.74) is 0. The van der Waals surface area contributed by atoms with E-state index in [1.165, 1.54) is 180 Å². The molecule has 6 nitrogen and oxygen atoms in total. The van der Waals surface area contributed by atoms with Gasteiger partial charge >= 0.3 is 5.97 Å². The van der Waals surface area contributed by atoms with Gasteiger partial charge in [-0.3, -0.25) is 4.79 Å². The van der Waals surface area contributed by atoms with E-state index >= 15 is 0 Å². The highest BCUT2D eigenvalue weighted by atomic mass is 16.5. The maximum atomic E-state index is 12.4. The number of carbonyl (C=O) groups is 2. The number of aldehydes is 1. The summed E-state index contributed by atoms with van der Waals surface area (Å²) in [4.78, 5) is 25.1. The van der Waals surface area contributed by atoms with Crippen molar-refractivity contribution in [2.75, 3.05) is 46.6 Å². The Morgan fingerprint density at radius 3 is 1.28 bits per heavy atom. The Kier molecular flexibility index (Phi) is 52.2. The molecule has 0 saturated heterocycles. The number of methoxy groups -OCH3 is 1. The van der Waals surface area contributed by atoms with Crippen molar-refractivity contribution in [3.8, 4) is 0 Å². The van der Waals surface area contributed by atoms with E-state index in [0.29, 0.717) is 25.4 Å². The Balaban J connectivity index is 0. The van der Waals surface area contributed by atoms with Gasteiger partial charge in [0.1, 0.15) is 6.29 Å².